The second-order valence-corrected chi connectivity index (χ2v) is 8.21. The molecule has 20 heavy (non-hydrogen) atoms. The third-order valence-electron chi connectivity index (χ3n) is 5.42. The van der Waals surface area contributed by atoms with Gasteiger partial charge in [0, 0.05) is 18.5 Å². The first kappa shape index (κ1) is 16.0. The van der Waals surface area contributed by atoms with Crippen LogP contribution in [0, 0.1) is 17.3 Å². The van der Waals surface area contributed by atoms with Gasteiger partial charge in [0.15, 0.2) is 0 Å². The van der Waals surface area contributed by atoms with Crippen LogP contribution in [0.1, 0.15) is 67.7 Å². The minimum absolute atomic E-state index is 0.0123. The summed E-state index contributed by atoms with van der Waals surface area (Å²) in [7, 11) is 0. The second-order valence-electron chi connectivity index (χ2n) is 8.21. The Morgan fingerprint density at radius 2 is 1.90 bits per heavy atom. The predicted molar refractivity (Wildman–Crippen MR) is 85.4 cm³/mol. The molecular formula is C18H33NO. The molecule has 0 aromatic heterocycles. The molecule has 0 spiro atoms. The summed E-state index contributed by atoms with van der Waals surface area (Å²) in [5, 5.41) is 2.26. The second kappa shape index (κ2) is 5.46. The van der Waals surface area contributed by atoms with Gasteiger partial charge in [-0.25, -0.2) is 0 Å². The van der Waals surface area contributed by atoms with E-state index in [1.807, 2.05) is 0 Å². The van der Waals surface area contributed by atoms with Crippen molar-refractivity contribution in [2.75, 3.05) is 6.54 Å². The summed E-state index contributed by atoms with van der Waals surface area (Å²) in [6, 6.07) is 0.606. The highest BCUT2D eigenvalue weighted by molar-refractivity contribution is 5.06. The summed E-state index contributed by atoms with van der Waals surface area (Å²) in [6.45, 7) is 17.1. The first-order chi connectivity index (χ1) is 9.18. The molecular weight excluding hydrogens is 246 g/mol. The van der Waals surface area contributed by atoms with E-state index >= 15 is 0 Å². The normalized spacial score (nSPS) is 40.5. The molecule has 2 nitrogen and oxygen atoms in total. The third kappa shape index (κ3) is 2.96. The summed E-state index contributed by atoms with van der Waals surface area (Å²) in [4.78, 5) is 6.25. The van der Waals surface area contributed by atoms with Gasteiger partial charge in [0.2, 0.25) is 0 Å². The first-order valence-corrected chi connectivity index (χ1v) is 8.28. The number of hydrogen-bond donors (Lipinski definition) is 0. The molecule has 1 saturated carbocycles. The van der Waals surface area contributed by atoms with E-state index in [0.29, 0.717) is 23.3 Å². The third-order valence-corrected chi connectivity index (χ3v) is 5.42. The SMILES string of the molecule is CCN1OC(C)(C)[C@@H]2C[C@](C)(CC=C(C)C)C[C@@H](C)[C@H]21. The summed E-state index contributed by atoms with van der Waals surface area (Å²) in [5.41, 5.74) is 1.86. The van der Waals surface area contributed by atoms with E-state index < -0.39 is 0 Å². The standard InChI is InChI=1S/C18H33NO/c1-8-19-16-14(4)11-18(7,10-9-13(2)3)12-15(16)17(5,6)20-19/h9,14-16H,8,10-12H2,1-7H3/t14-,15-,16-,18-/m1/s1. The Balaban J connectivity index is 2.21. The lowest BCUT2D eigenvalue weighted by Gasteiger charge is -2.46. The highest BCUT2D eigenvalue weighted by atomic mass is 16.7. The number of allylic oxidation sites excluding steroid dienone is 2. The van der Waals surface area contributed by atoms with Gasteiger partial charge in [-0.3, -0.25) is 4.84 Å². The van der Waals surface area contributed by atoms with E-state index in [4.69, 9.17) is 4.84 Å². The lowest BCUT2D eigenvalue weighted by molar-refractivity contribution is -0.196. The van der Waals surface area contributed by atoms with Gasteiger partial charge in [-0.2, -0.15) is 5.06 Å². The molecule has 0 aromatic carbocycles. The Bertz CT molecular complexity index is 383. The monoisotopic (exact) mass is 279 g/mol. The average molecular weight is 279 g/mol. The van der Waals surface area contributed by atoms with Crippen molar-refractivity contribution >= 4 is 0 Å². The van der Waals surface area contributed by atoms with E-state index in [9.17, 15) is 0 Å². The van der Waals surface area contributed by atoms with Crippen molar-refractivity contribution < 1.29 is 4.84 Å². The van der Waals surface area contributed by atoms with Gasteiger partial charge < -0.3 is 0 Å². The number of rotatable bonds is 3. The number of fused-ring (bicyclic) bond motifs is 1. The molecule has 0 N–H and O–H groups in total. The minimum atomic E-state index is -0.0123. The lowest BCUT2D eigenvalue weighted by Crippen LogP contribution is -2.47. The van der Waals surface area contributed by atoms with Crippen LogP contribution >= 0.6 is 0 Å². The van der Waals surface area contributed by atoms with E-state index in [0.717, 1.165) is 6.54 Å². The largest absolute Gasteiger partial charge is 0.292 e. The average Bonchev–Trinajstić information content (AvgIpc) is 2.59. The zero-order chi connectivity index (χ0) is 15.1. The molecule has 2 heteroatoms. The van der Waals surface area contributed by atoms with Crippen LogP contribution in [-0.2, 0) is 4.84 Å². The van der Waals surface area contributed by atoms with Crippen LogP contribution < -0.4 is 0 Å². The van der Waals surface area contributed by atoms with Gasteiger partial charge in [-0.15, -0.1) is 0 Å². The Morgan fingerprint density at radius 1 is 1.25 bits per heavy atom. The van der Waals surface area contributed by atoms with Gasteiger partial charge in [-0.1, -0.05) is 32.4 Å². The topological polar surface area (TPSA) is 12.5 Å². The maximum atomic E-state index is 6.25. The number of hydrogen-bond acceptors (Lipinski definition) is 2. The summed E-state index contributed by atoms with van der Waals surface area (Å²) < 4.78 is 0. The van der Waals surface area contributed by atoms with Crippen molar-refractivity contribution in [3.8, 4) is 0 Å². The molecule has 1 saturated heterocycles. The van der Waals surface area contributed by atoms with E-state index in [1.165, 1.54) is 24.8 Å². The highest BCUT2D eigenvalue weighted by Crippen LogP contribution is 2.53. The Morgan fingerprint density at radius 3 is 2.45 bits per heavy atom. The molecule has 2 aliphatic rings. The fourth-order valence-corrected chi connectivity index (χ4v) is 4.49. The summed E-state index contributed by atoms with van der Waals surface area (Å²) >= 11 is 0. The number of hydroxylamine groups is 2. The molecule has 1 aliphatic heterocycles. The maximum Gasteiger partial charge on any atom is 0.0888 e. The van der Waals surface area contributed by atoms with Crippen molar-refractivity contribution in [1.29, 1.82) is 0 Å². The van der Waals surface area contributed by atoms with Gasteiger partial charge in [0.25, 0.3) is 0 Å². The zero-order valence-corrected chi connectivity index (χ0v) is 14.5. The van der Waals surface area contributed by atoms with Gasteiger partial charge in [0.1, 0.15) is 0 Å². The molecule has 0 aromatic rings. The lowest BCUT2D eigenvalue weighted by atomic mass is 9.60. The highest BCUT2D eigenvalue weighted by Gasteiger charge is 2.55. The Hall–Kier alpha value is -0.340. The zero-order valence-electron chi connectivity index (χ0n) is 14.5. The fraction of sp³-hybridized carbons (Fsp3) is 0.889. The molecule has 0 amide bonds. The Labute approximate surface area is 125 Å². The van der Waals surface area contributed by atoms with Crippen LogP contribution in [0.25, 0.3) is 0 Å². The predicted octanol–water partition coefficient (Wildman–Crippen LogP) is 4.81. The van der Waals surface area contributed by atoms with Crippen LogP contribution in [0.15, 0.2) is 11.6 Å². The Kier molecular flexibility index (Phi) is 4.37. The molecule has 2 fully saturated rings. The molecule has 0 bridgehead atoms. The van der Waals surface area contributed by atoms with Crippen LogP contribution in [0.4, 0.5) is 0 Å². The van der Waals surface area contributed by atoms with Crippen LogP contribution in [0.5, 0.6) is 0 Å². The number of nitrogens with zero attached hydrogens (tertiary/aromatic N) is 1. The van der Waals surface area contributed by atoms with Crippen LogP contribution in [-0.4, -0.2) is 23.3 Å². The molecule has 4 atom stereocenters. The van der Waals surface area contributed by atoms with Crippen molar-refractivity contribution in [1.82, 2.24) is 5.06 Å². The minimum Gasteiger partial charge on any atom is -0.292 e. The fourth-order valence-electron chi connectivity index (χ4n) is 4.49. The van der Waals surface area contributed by atoms with Gasteiger partial charge in [-0.05, 0) is 58.3 Å². The van der Waals surface area contributed by atoms with Crippen molar-refractivity contribution in [3.63, 3.8) is 0 Å². The molecule has 116 valence electrons. The quantitative estimate of drug-likeness (QED) is 0.687. The smallest absolute Gasteiger partial charge is 0.0888 e. The van der Waals surface area contributed by atoms with Crippen LogP contribution in [0.3, 0.4) is 0 Å². The molecule has 0 unspecified atom stereocenters. The molecule has 2 rings (SSSR count). The van der Waals surface area contributed by atoms with Gasteiger partial charge >= 0.3 is 0 Å². The maximum absolute atomic E-state index is 6.25. The summed E-state index contributed by atoms with van der Waals surface area (Å²) in [5.74, 6) is 1.37. The van der Waals surface area contributed by atoms with Crippen molar-refractivity contribution in [2.24, 2.45) is 17.3 Å². The first-order valence-electron chi connectivity index (χ1n) is 8.28. The molecule has 1 heterocycles. The van der Waals surface area contributed by atoms with Gasteiger partial charge in [0.05, 0.1) is 5.60 Å². The van der Waals surface area contributed by atoms with E-state index in [-0.39, 0.29) is 5.60 Å². The van der Waals surface area contributed by atoms with Crippen molar-refractivity contribution in [3.05, 3.63) is 11.6 Å². The van der Waals surface area contributed by atoms with Crippen molar-refractivity contribution in [2.45, 2.75) is 79.4 Å². The molecule has 0 radical (unpaired) electrons. The van der Waals surface area contributed by atoms with Crippen LogP contribution in [0.2, 0.25) is 0 Å². The summed E-state index contributed by atoms with van der Waals surface area (Å²) in [6.07, 6.45) is 6.24. The van der Waals surface area contributed by atoms with E-state index in [1.54, 1.807) is 0 Å². The molecule has 1 aliphatic carbocycles. The van der Waals surface area contributed by atoms with E-state index in [2.05, 4.69) is 59.6 Å².